The molecule has 0 aliphatic rings. The maximum atomic E-state index is 5.49. The van der Waals surface area contributed by atoms with E-state index in [2.05, 4.69) is 16.5 Å². The highest BCUT2D eigenvalue weighted by molar-refractivity contribution is 5.80. The molecule has 0 spiro atoms. The SMILES string of the molecule is c1ccc2c(CNCCn3cccn3)coc2c1. The van der Waals surface area contributed by atoms with E-state index in [1.807, 2.05) is 41.4 Å². The van der Waals surface area contributed by atoms with Gasteiger partial charge in [-0.3, -0.25) is 4.68 Å². The van der Waals surface area contributed by atoms with Crippen LogP contribution in [0.3, 0.4) is 0 Å². The molecule has 0 atom stereocenters. The van der Waals surface area contributed by atoms with Gasteiger partial charge in [0.2, 0.25) is 0 Å². The maximum absolute atomic E-state index is 5.49. The highest BCUT2D eigenvalue weighted by atomic mass is 16.3. The Balaban J connectivity index is 1.57. The largest absolute Gasteiger partial charge is 0.464 e. The van der Waals surface area contributed by atoms with E-state index in [0.29, 0.717) is 0 Å². The van der Waals surface area contributed by atoms with Gasteiger partial charge in [-0.1, -0.05) is 18.2 Å². The summed E-state index contributed by atoms with van der Waals surface area (Å²) in [4.78, 5) is 0. The van der Waals surface area contributed by atoms with Crippen LogP contribution in [0.15, 0.2) is 53.4 Å². The molecule has 0 saturated heterocycles. The van der Waals surface area contributed by atoms with Gasteiger partial charge in [-0.05, 0) is 12.1 Å². The van der Waals surface area contributed by atoms with Crippen LogP contribution in [0.4, 0.5) is 0 Å². The molecular weight excluding hydrogens is 226 g/mol. The summed E-state index contributed by atoms with van der Waals surface area (Å²) in [6.07, 6.45) is 5.59. The van der Waals surface area contributed by atoms with E-state index in [1.54, 1.807) is 6.20 Å². The number of rotatable bonds is 5. The fourth-order valence-corrected chi connectivity index (χ4v) is 2.02. The Morgan fingerprint density at radius 1 is 1.22 bits per heavy atom. The molecule has 1 N–H and O–H groups in total. The number of para-hydroxylation sites is 1. The van der Waals surface area contributed by atoms with Crippen molar-refractivity contribution < 1.29 is 4.42 Å². The molecule has 1 aromatic carbocycles. The first-order valence-electron chi connectivity index (χ1n) is 6.07. The quantitative estimate of drug-likeness (QED) is 0.698. The van der Waals surface area contributed by atoms with Crippen molar-refractivity contribution in [3.63, 3.8) is 0 Å². The first-order valence-corrected chi connectivity index (χ1v) is 6.07. The van der Waals surface area contributed by atoms with Gasteiger partial charge in [-0.2, -0.15) is 5.10 Å². The molecule has 3 aromatic rings. The average molecular weight is 241 g/mol. The van der Waals surface area contributed by atoms with Gasteiger partial charge in [0.05, 0.1) is 12.8 Å². The third kappa shape index (κ3) is 2.28. The van der Waals surface area contributed by atoms with Crippen molar-refractivity contribution in [2.45, 2.75) is 13.1 Å². The number of fused-ring (bicyclic) bond motifs is 1. The van der Waals surface area contributed by atoms with E-state index in [1.165, 1.54) is 10.9 Å². The van der Waals surface area contributed by atoms with Crippen molar-refractivity contribution in [2.24, 2.45) is 0 Å². The molecule has 18 heavy (non-hydrogen) atoms. The number of nitrogens with zero attached hydrogens (tertiary/aromatic N) is 2. The zero-order valence-corrected chi connectivity index (χ0v) is 10.0. The highest BCUT2D eigenvalue weighted by Gasteiger charge is 2.03. The van der Waals surface area contributed by atoms with E-state index < -0.39 is 0 Å². The van der Waals surface area contributed by atoms with Gasteiger partial charge >= 0.3 is 0 Å². The van der Waals surface area contributed by atoms with E-state index in [9.17, 15) is 0 Å². The number of benzene rings is 1. The van der Waals surface area contributed by atoms with Gasteiger partial charge in [0.25, 0.3) is 0 Å². The molecule has 0 aliphatic carbocycles. The summed E-state index contributed by atoms with van der Waals surface area (Å²) in [6.45, 7) is 2.59. The van der Waals surface area contributed by atoms with E-state index in [4.69, 9.17) is 4.42 Å². The minimum atomic E-state index is 0.818. The van der Waals surface area contributed by atoms with Gasteiger partial charge in [0.1, 0.15) is 5.58 Å². The second-order valence-corrected chi connectivity index (χ2v) is 4.20. The van der Waals surface area contributed by atoms with Crippen molar-refractivity contribution in [3.05, 3.63) is 54.6 Å². The smallest absolute Gasteiger partial charge is 0.134 e. The zero-order valence-electron chi connectivity index (χ0n) is 10.0. The fraction of sp³-hybridized carbons (Fsp3) is 0.214. The molecule has 0 fully saturated rings. The number of hydrogen-bond acceptors (Lipinski definition) is 3. The Hall–Kier alpha value is -2.07. The molecule has 0 unspecified atom stereocenters. The van der Waals surface area contributed by atoms with Crippen molar-refractivity contribution >= 4 is 11.0 Å². The van der Waals surface area contributed by atoms with E-state index >= 15 is 0 Å². The zero-order chi connectivity index (χ0) is 12.2. The molecule has 3 rings (SSSR count). The van der Waals surface area contributed by atoms with E-state index in [-0.39, 0.29) is 0 Å². The molecule has 4 heteroatoms. The fourth-order valence-electron chi connectivity index (χ4n) is 2.02. The van der Waals surface area contributed by atoms with Crippen molar-refractivity contribution in [3.8, 4) is 0 Å². The van der Waals surface area contributed by atoms with Crippen molar-refractivity contribution in [2.75, 3.05) is 6.54 Å². The molecule has 2 heterocycles. The Kier molecular flexibility index (Phi) is 3.10. The normalized spacial score (nSPS) is 11.1. The Bertz CT molecular complexity index is 613. The summed E-state index contributed by atoms with van der Waals surface area (Å²) in [7, 11) is 0. The Labute approximate surface area is 105 Å². The van der Waals surface area contributed by atoms with Crippen LogP contribution >= 0.6 is 0 Å². The van der Waals surface area contributed by atoms with Crippen LogP contribution in [-0.4, -0.2) is 16.3 Å². The number of nitrogens with one attached hydrogen (secondary N) is 1. The molecule has 0 saturated carbocycles. The average Bonchev–Trinajstić information content (AvgIpc) is 3.04. The minimum absolute atomic E-state index is 0.818. The highest BCUT2D eigenvalue weighted by Crippen LogP contribution is 2.20. The lowest BCUT2D eigenvalue weighted by molar-refractivity contribution is 0.550. The third-order valence-electron chi connectivity index (χ3n) is 2.95. The van der Waals surface area contributed by atoms with Crippen LogP contribution < -0.4 is 5.32 Å². The second kappa shape index (κ2) is 5.06. The van der Waals surface area contributed by atoms with Crippen molar-refractivity contribution in [1.29, 1.82) is 0 Å². The first kappa shape index (κ1) is 11.0. The predicted octanol–water partition coefficient (Wildman–Crippen LogP) is 2.42. The van der Waals surface area contributed by atoms with Gasteiger partial charge in [0.15, 0.2) is 0 Å². The summed E-state index contributed by atoms with van der Waals surface area (Å²) in [5.74, 6) is 0. The second-order valence-electron chi connectivity index (χ2n) is 4.20. The Morgan fingerprint density at radius 3 is 3.06 bits per heavy atom. The monoisotopic (exact) mass is 241 g/mol. The molecular formula is C14H15N3O. The van der Waals surface area contributed by atoms with Crippen LogP contribution in [0, 0.1) is 0 Å². The van der Waals surface area contributed by atoms with Gasteiger partial charge in [-0.15, -0.1) is 0 Å². The van der Waals surface area contributed by atoms with Gasteiger partial charge < -0.3 is 9.73 Å². The summed E-state index contributed by atoms with van der Waals surface area (Å²) < 4.78 is 7.41. The minimum Gasteiger partial charge on any atom is -0.464 e. The first-order chi connectivity index (χ1) is 8.93. The topological polar surface area (TPSA) is 43.0 Å². The number of aromatic nitrogens is 2. The van der Waals surface area contributed by atoms with Crippen LogP contribution in [0.1, 0.15) is 5.56 Å². The maximum Gasteiger partial charge on any atom is 0.134 e. The number of furan rings is 1. The molecule has 0 radical (unpaired) electrons. The van der Waals surface area contributed by atoms with Crippen LogP contribution in [0.5, 0.6) is 0 Å². The third-order valence-corrected chi connectivity index (χ3v) is 2.95. The molecule has 92 valence electrons. The molecule has 0 amide bonds. The molecule has 0 bridgehead atoms. The Morgan fingerprint density at radius 2 is 2.17 bits per heavy atom. The van der Waals surface area contributed by atoms with E-state index in [0.717, 1.165) is 25.2 Å². The molecule has 0 aliphatic heterocycles. The van der Waals surface area contributed by atoms with Crippen LogP contribution in [0.2, 0.25) is 0 Å². The summed E-state index contributed by atoms with van der Waals surface area (Å²) >= 11 is 0. The predicted molar refractivity (Wildman–Crippen MR) is 70.1 cm³/mol. The van der Waals surface area contributed by atoms with Crippen LogP contribution in [0.25, 0.3) is 11.0 Å². The standard InChI is InChI=1S/C14H15N3O/c1-2-5-14-13(4-1)12(11-18-14)10-15-7-9-17-8-3-6-16-17/h1-6,8,11,15H,7,9-10H2. The van der Waals surface area contributed by atoms with Gasteiger partial charge in [-0.25, -0.2) is 0 Å². The van der Waals surface area contributed by atoms with Crippen LogP contribution in [-0.2, 0) is 13.1 Å². The van der Waals surface area contributed by atoms with Crippen molar-refractivity contribution in [1.82, 2.24) is 15.1 Å². The lowest BCUT2D eigenvalue weighted by atomic mass is 10.2. The molecule has 4 nitrogen and oxygen atoms in total. The summed E-state index contributed by atoms with van der Waals surface area (Å²) in [6, 6.07) is 10.0. The van der Waals surface area contributed by atoms with Gasteiger partial charge in [0, 0.05) is 36.4 Å². The lowest BCUT2D eigenvalue weighted by Crippen LogP contribution is -2.19. The summed E-state index contributed by atoms with van der Waals surface area (Å²) in [5, 5.41) is 8.74. The summed E-state index contributed by atoms with van der Waals surface area (Å²) in [5.41, 5.74) is 2.15. The lowest BCUT2D eigenvalue weighted by Gasteiger charge is -2.03. The molecule has 2 aromatic heterocycles. The number of hydrogen-bond donors (Lipinski definition) is 1.